The standard InChI is InChI=1S/C18H16O2/c19-18(17-11-13-3-1-2-4-16(13)17)12-5-7-14(8-6-12)20-15-9-10-15/h1-8,15,17H,9-11H2. The van der Waals surface area contributed by atoms with E-state index in [4.69, 9.17) is 4.74 Å². The maximum atomic E-state index is 12.5. The van der Waals surface area contributed by atoms with Crippen molar-refractivity contribution in [3.8, 4) is 5.75 Å². The van der Waals surface area contributed by atoms with Crippen molar-refractivity contribution in [1.29, 1.82) is 0 Å². The lowest BCUT2D eigenvalue weighted by atomic mass is 9.74. The molecular formula is C18H16O2. The van der Waals surface area contributed by atoms with Gasteiger partial charge in [-0.05, 0) is 54.7 Å². The van der Waals surface area contributed by atoms with Gasteiger partial charge in [0.2, 0.25) is 0 Å². The second kappa shape index (κ2) is 4.48. The molecule has 2 nitrogen and oxygen atoms in total. The zero-order chi connectivity index (χ0) is 13.5. The van der Waals surface area contributed by atoms with Gasteiger partial charge in [-0.2, -0.15) is 0 Å². The second-order valence-electron chi connectivity index (χ2n) is 5.66. The van der Waals surface area contributed by atoms with Gasteiger partial charge in [0.15, 0.2) is 5.78 Å². The third-order valence-corrected chi connectivity index (χ3v) is 4.14. The van der Waals surface area contributed by atoms with Crippen molar-refractivity contribution in [2.24, 2.45) is 0 Å². The van der Waals surface area contributed by atoms with E-state index in [0.717, 1.165) is 30.6 Å². The zero-order valence-electron chi connectivity index (χ0n) is 11.2. The van der Waals surface area contributed by atoms with E-state index in [1.165, 1.54) is 11.1 Å². The van der Waals surface area contributed by atoms with Crippen LogP contribution in [0, 0.1) is 0 Å². The van der Waals surface area contributed by atoms with E-state index in [-0.39, 0.29) is 11.7 Å². The van der Waals surface area contributed by atoms with E-state index in [0.29, 0.717) is 6.10 Å². The molecule has 4 rings (SSSR count). The second-order valence-corrected chi connectivity index (χ2v) is 5.66. The Balaban J connectivity index is 1.51. The minimum atomic E-state index is 0.0430. The molecular weight excluding hydrogens is 248 g/mol. The third-order valence-electron chi connectivity index (χ3n) is 4.14. The molecule has 2 aromatic rings. The fraction of sp³-hybridized carbons (Fsp3) is 0.278. The number of ketones is 1. The van der Waals surface area contributed by atoms with Crippen molar-refractivity contribution >= 4 is 5.78 Å². The molecule has 1 unspecified atom stereocenters. The van der Waals surface area contributed by atoms with Gasteiger partial charge in [-0.1, -0.05) is 24.3 Å². The number of hydrogen-bond donors (Lipinski definition) is 0. The highest BCUT2D eigenvalue weighted by Crippen LogP contribution is 2.37. The minimum Gasteiger partial charge on any atom is -0.490 e. The molecule has 1 fully saturated rings. The largest absolute Gasteiger partial charge is 0.490 e. The molecule has 2 heteroatoms. The number of hydrogen-bond acceptors (Lipinski definition) is 2. The molecule has 0 heterocycles. The fourth-order valence-electron chi connectivity index (χ4n) is 2.77. The molecule has 0 amide bonds. The topological polar surface area (TPSA) is 26.3 Å². The van der Waals surface area contributed by atoms with Crippen LogP contribution in [0.1, 0.15) is 40.2 Å². The fourth-order valence-corrected chi connectivity index (χ4v) is 2.77. The van der Waals surface area contributed by atoms with E-state index in [1.54, 1.807) is 0 Å². The molecule has 2 aromatic carbocycles. The third kappa shape index (κ3) is 2.01. The summed E-state index contributed by atoms with van der Waals surface area (Å²) in [6.45, 7) is 0. The summed E-state index contributed by atoms with van der Waals surface area (Å²) in [5, 5.41) is 0. The molecule has 20 heavy (non-hydrogen) atoms. The van der Waals surface area contributed by atoms with Crippen LogP contribution in [-0.4, -0.2) is 11.9 Å². The van der Waals surface area contributed by atoms with Crippen LogP contribution in [0.15, 0.2) is 48.5 Å². The highest BCUT2D eigenvalue weighted by Gasteiger charge is 2.32. The molecule has 1 saturated carbocycles. The molecule has 100 valence electrons. The monoisotopic (exact) mass is 264 g/mol. The maximum absolute atomic E-state index is 12.5. The Morgan fingerprint density at radius 1 is 1.00 bits per heavy atom. The SMILES string of the molecule is O=C(c1ccc(OC2CC2)cc1)C1Cc2ccccc21. The molecule has 0 bridgehead atoms. The molecule has 0 spiro atoms. The number of ether oxygens (including phenoxy) is 1. The van der Waals surface area contributed by atoms with Crippen molar-refractivity contribution in [3.05, 3.63) is 65.2 Å². The summed E-state index contributed by atoms with van der Waals surface area (Å²) in [6, 6.07) is 15.8. The van der Waals surface area contributed by atoms with Crippen LogP contribution in [0.3, 0.4) is 0 Å². The van der Waals surface area contributed by atoms with E-state index in [2.05, 4.69) is 12.1 Å². The Morgan fingerprint density at radius 3 is 2.45 bits per heavy atom. The lowest BCUT2D eigenvalue weighted by Crippen LogP contribution is -2.25. The number of benzene rings is 2. The molecule has 0 aromatic heterocycles. The quantitative estimate of drug-likeness (QED) is 0.786. The number of fused-ring (bicyclic) bond motifs is 1. The van der Waals surface area contributed by atoms with Crippen LogP contribution >= 0.6 is 0 Å². The Morgan fingerprint density at radius 2 is 1.75 bits per heavy atom. The molecule has 0 N–H and O–H groups in total. The van der Waals surface area contributed by atoms with Crippen LogP contribution in [0.25, 0.3) is 0 Å². The van der Waals surface area contributed by atoms with Crippen LogP contribution in [0.5, 0.6) is 5.75 Å². The summed E-state index contributed by atoms with van der Waals surface area (Å²) in [5.74, 6) is 1.14. The van der Waals surface area contributed by atoms with Crippen LogP contribution < -0.4 is 4.74 Å². The van der Waals surface area contributed by atoms with Gasteiger partial charge in [0, 0.05) is 5.56 Å². The van der Waals surface area contributed by atoms with E-state index >= 15 is 0 Å². The van der Waals surface area contributed by atoms with Gasteiger partial charge in [0.25, 0.3) is 0 Å². The molecule has 2 aliphatic carbocycles. The summed E-state index contributed by atoms with van der Waals surface area (Å²) in [5.41, 5.74) is 3.28. The van der Waals surface area contributed by atoms with Crippen molar-refractivity contribution < 1.29 is 9.53 Å². The number of carbonyl (C=O) groups excluding carboxylic acids is 1. The average Bonchev–Trinajstić information content (AvgIpc) is 3.25. The lowest BCUT2D eigenvalue weighted by Gasteiger charge is -2.28. The van der Waals surface area contributed by atoms with Gasteiger partial charge < -0.3 is 4.74 Å². The lowest BCUT2D eigenvalue weighted by molar-refractivity contribution is 0.0949. The van der Waals surface area contributed by atoms with Crippen molar-refractivity contribution in [2.75, 3.05) is 0 Å². The van der Waals surface area contributed by atoms with E-state index in [9.17, 15) is 4.79 Å². The van der Waals surface area contributed by atoms with E-state index < -0.39 is 0 Å². The molecule has 2 aliphatic rings. The van der Waals surface area contributed by atoms with Crippen molar-refractivity contribution in [3.63, 3.8) is 0 Å². The summed E-state index contributed by atoms with van der Waals surface area (Å²) in [4.78, 5) is 12.5. The smallest absolute Gasteiger partial charge is 0.170 e. The molecule has 0 aliphatic heterocycles. The molecule has 0 radical (unpaired) electrons. The van der Waals surface area contributed by atoms with Crippen molar-refractivity contribution in [2.45, 2.75) is 31.3 Å². The zero-order valence-corrected chi connectivity index (χ0v) is 11.2. The number of rotatable bonds is 4. The average molecular weight is 264 g/mol. The molecule has 1 atom stereocenters. The first-order valence-corrected chi connectivity index (χ1v) is 7.20. The predicted molar refractivity (Wildman–Crippen MR) is 77.3 cm³/mol. The van der Waals surface area contributed by atoms with Gasteiger partial charge in [0.05, 0.1) is 12.0 Å². The van der Waals surface area contributed by atoms with Gasteiger partial charge in [-0.15, -0.1) is 0 Å². The Hall–Kier alpha value is -2.09. The minimum absolute atomic E-state index is 0.0430. The van der Waals surface area contributed by atoms with Gasteiger partial charge in [-0.3, -0.25) is 4.79 Å². The number of Topliss-reactive ketones (excluding diaryl/α,β-unsaturated/α-hetero) is 1. The first kappa shape index (κ1) is 11.7. The van der Waals surface area contributed by atoms with Gasteiger partial charge >= 0.3 is 0 Å². The van der Waals surface area contributed by atoms with Crippen LogP contribution in [0.2, 0.25) is 0 Å². The van der Waals surface area contributed by atoms with Crippen LogP contribution in [-0.2, 0) is 6.42 Å². The normalized spacial score (nSPS) is 19.9. The first-order chi connectivity index (χ1) is 9.81. The van der Waals surface area contributed by atoms with Gasteiger partial charge in [0.1, 0.15) is 5.75 Å². The Bertz CT molecular complexity index is 653. The molecule has 0 saturated heterocycles. The van der Waals surface area contributed by atoms with Crippen LogP contribution in [0.4, 0.5) is 0 Å². The van der Waals surface area contributed by atoms with Crippen molar-refractivity contribution in [1.82, 2.24) is 0 Å². The van der Waals surface area contributed by atoms with Gasteiger partial charge in [-0.25, -0.2) is 0 Å². The highest BCUT2D eigenvalue weighted by molar-refractivity contribution is 6.02. The Kier molecular flexibility index (Phi) is 2.62. The summed E-state index contributed by atoms with van der Waals surface area (Å²) in [7, 11) is 0. The summed E-state index contributed by atoms with van der Waals surface area (Å²) < 4.78 is 5.71. The summed E-state index contributed by atoms with van der Waals surface area (Å²) >= 11 is 0. The maximum Gasteiger partial charge on any atom is 0.170 e. The summed E-state index contributed by atoms with van der Waals surface area (Å²) in [6.07, 6.45) is 3.57. The number of carbonyl (C=O) groups is 1. The highest BCUT2D eigenvalue weighted by atomic mass is 16.5. The Labute approximate surface area is 118 Å². The van der Waals surface area contributed by atoms with E-state index in [1.807, 2.05) is 36.4 Å². The first-order valence-electron chi connectivity index (χ1n) is 7.20. The predicted octanol–water partition coefficient (Wildman–Crippen LogP) is 3.75.